The molecular formula is C10H14INO2. The molecule has 2 N–H and O–H groups in total. The Hall–Kier alpha value is -0.490. The molecule has 0 fully saturated rings. The second kappa shape index (κ2) is 6.89. The van der Waals surface area contributed by atoms with Crippen molar-refractivity contribution in [1.29, 1.82) is 0 Å². The number of anilines is 1. The molecule has 0 aromatic heterocycles. The van der Waals surface area contributed by atoms with Gasteiger partial charge in [0, 0.05) is 10.1 Å². The first-order valence-corrected chi connectivity index (χ1v) is 5.97. The number of ether oxygens (including phenoxy) is 2. The summed E-state index contributed by atoms with van der Waals surface area (Å²) in [6.07, 6.45) is 0. The van der Waals surface area contributed by atoms with Crippen LogP contribution >= 0.6 is 22.6 Å². The Morgan fingerprint density at radius 2 is 1.79 bits per heavy atom. The normalized spacial score (nSPS) is 10.1. The second-order valence-electron chi connectivity index (χ2n) is 2.72. The van der Waals surface area contributed by atoms with E-state index in [1.54, 1.807) is 0 Å². The van der Waals surface area contributed by atoms with Crippen LogP contribution < -0.4 is 10.5 Å². The maximum atomic E-state index is 5.54. The minimum atomic E-state index is 0.584. The van der Waals surface area contributed by atoms with Crippen LogP contribution in [0.15, 0.2) is 24.3 Å². The maximum Gasteiger partial charge on any atom is 0.119 e. The van der Waals surface area contributed by atoms with Crippen molar-refractivity contribution < 1.29 is 9.47 Å². The molecule has 0 spiro atoms. The van der Waals surface area contributed by atoms with E-state index in [0.29, 0.717) is 13.2 Å². The fraction of sp³-hybridized carbons (Fsp3) is 0.400. The molecule has 0 saturated heterocycles. The number of hydrogen-bond donors (Lipinski definition) is 1. The van der Waals surface area contributed by atoms with Gasteiger partial charge in [-0.15, -0.1) is 0 Å². The lowest BCUT2D eigenvalue weighted by atomic mass is 10.3. The standard InChI is InChI=1S/C10H14INO2/c11-5-6-13-7-8-14-10-3-1-9(12)2-4-10/h1-4H,5-8,12H2. The van der Waals surface area contributed by atoms with E-state index in [1.807, 2.05) is 24.3 Å². The van der Waals surface area contributed by atoms with E-state index in [0.717, 1.165) is 22.5 Å². The summed E-state index contributed by atoms with van der Waals surface area (Å²) < 4.78 is 11.7. The van der Waals surface area contributed by atoms with E-state index in [1.165, 1.54) is 0 Å². The first-order valence-electron chi connectivity index (χ1n) is 4.45. The molecule has 0 unspecified atom stereocenters. The van der Waals surface area contributed by atoms with Crippen molar-refractivity contribution in [1.82, 2.24) is 0 Å². The zero-order chi connectivity index (χ0) is 10.2. The SMILES string of the molecule is Nc1ccc(OCCOCCI)cc1. The van der Waals surface area contributed by atoms with Crippen molar-refractivity contribution >= 4 is 28.3 Å². The van der Waals surface area contributed by atoms with Crippen LogP contribution in [0.1, 0.15) is 0 Å². The lowest BCUT2D eigenvalue weighted by Crippen LogP contribution is -2.07. The quantitative estimate of drug-likeness (QED) is 0.379. The Labute approximate surface area is 97.7 Å². The number of halogens is 1. The lowest BCUT2D eigenvalue weighted by molar-refractivity contribution is 0.113. The molecule has 0 saturated carbocycles. The molecule has 0 atom stereocenters. The van der Waals surface area contributed by atoms with Gasteiger partial charge < -0.3 is 15.2 Å². The van der Waals surface area contributed by atoms with Crippen LogP contribution in [0, 0.1) is 0 Å². The van der Waals surface area contributed by atoms with Gasteiger partial charge in [0.15, 0.2) is 0 Å². The summed E-state index contributed by atoms with van der Waals surface area (Å²) in [5.41, 5.74) is 6.29. The molecule has 0 aliphatic rings. The summed E-state index contributed by atoms with van der Waals surface area (Å²) in [5, 5.41) is 0. The van der Waals surface area contributed by atoms with Crippen LogP contribution in [-0.4, -0.2) is 24.2 Å². The monoisotopic (exact) mass is 307 g/mol. The first-order chi connectivity index (χ1) is 6.83. The van der Waals surface area contributed by atoms with Crippen molar-refractivity contribution in [2.75, 3.05) is 30.0 Å². The highest BCUT2D eigenvalue weighted by Gasteiger charge is 1.92. The summed E-state index contributed by atoms with van der Waals surface area (Å²) in [6, 6.07) is 7.35. The predicted molar refractivity (Wildman–Crippen MR) is 66.1 cm³/mol. The minimum Gasteiger partial charge on any atom is -0.491 e. The van der Waals surface area contributed by atoms with E-state index in [4.69, 9.17) is 15.2 Å². The number of rotatable bonds is 6. The second-order valence-corrected chi connectivity index (χ2v) is 3.80. The largest absolute Gasteiger partial charge is 0.491 e. The van der Waals surface area contributed by atoms with Gasteiger partial charge in [0.2, 0.25) is 0 Å². The number of benzene rings is 1. The van der Waals surface area contributed by atoms with Gasteiger partial charge >= 0.3 is 0 Å². The zero-order valence-electron chi connectivity index (χ0n) is 7.91. The average molecular weight is 307 g/mol. The van der Waals surface area contributed by atoms with Crippen LogP contribution in [0.4, 0.5) is 5.69 Å². The molecule has 0 amide bonds. The lowest BCUT2D eigenvalue weighted by Gasteiger charge is -2.06. The third kappa shape index (κ3) is 4.66. The van der Waals surface area contributed by atoms with Crippen molar-refractivity contribution in [2.24, 2.45) is 0 Å². The van der Waals surface area contributed by atoms with Gasteiger partial charge in [0.25, 0.3) is 0 Å². The van der Waals surface area contributed by atoms with E-state index in [2.05, 4.69) is 22.6 Å². The number of alkyl halides is 1. The summed E-state index contributed by atoms with van der Waals surface area (Å²) >= 11 is 2.27. The van der Waals surface area contributed by atoms with Crippen molar-refractivity contribution in [3.05, 3.63) is 24.3 Å². The predicted octanol–water partition coefficient (Wildman–Crippen LogP) is 2.10. The number of nitrogens with two attached hydrogens (primary N) is 1. The highest BCUT2D eigenvalue weighted by atomic mass is 127. The molecule has 1 aromatic carbocycles. The van der Waals surface area contributed by atoms with Crippen LogP contribution in [0.2, 0.25) is 0 Å². The molecular weight excluding hydrogens is 293 g/mol. The van der Waals surface area contributed by atoms with Crippen molar-refractivity contribution in [2.45, 2.75) is 0 Å². The molecule has 14 heavy (non-hydrogen) atoms. The molecule has 0 heterocycles. The van der Waals surface area contributed by atoms with Gasteiger partial charge in [-0.2, -0.15) is 0 Å². The summed E-state index contributed by atoms with van der Waals surface area (Å²) in [4.78, 5) is 0. The Bertz CT molecular complexity index is 251. The maximum absolute atomic E-state index is 5.54. The van der Waals surface area contributed by atoms with E-state index >= 15 is 0 Å². The molecule has 4 heteroatoms. The Morgan fingerprint density at radius 1 is 1.07 bits per heavy atom. The van der Waals surface area contributed by atoms with Crippen LogP contribution in [0.5, 0.6) is 5.75 Å². The molecule has 3 nitrogen and oxygen atoms in total. The van der Waals surface area contributed by atoms with Gasteiger partial charge in [-0.05, 0) is 24.3 Å². The summed E-state index contributed by atoms with van der Waals surface area (Å²) in [6.45, 7) is 2.00. The van der Waals surface area contributed by atoms with Gasteiger partial charge in [-0.1, -0.05) is 22.6 Å². The third-order valence-corrected chi connectivity index (χ3v) is 2.04. The molecule has 0 aliphatic heterocycles. The fourth-order valence-corrected chi connectivity index (χ4v) is 1.25. The van der Waals surface area contributed by atoms with Crippen molar-refractivity contribution in [3.8, 4) is 5.75 Å². The molecule has 1 aromatic rings. The van der Waals surface area contributed by atoms with Crippen LogP contribution in [0.3, 0.4) is 0 Å². The highest BCUT2D eigenvalue weighted by Crippen LogP contribution is 2.12. The van der Waals surface area contributed by atoms with Crippen LogP contribution in [0.25, 0.3) is 0 Å². The topological polar surface area (TPSA) is 44.5 Å². The molecule has 0 radical (unpaired) electrons. The summed E-state index contributed by atoms with van der Waals surface area (Å²) in [7, 11) is 0. The average Bonchev–Trinajstić information content (AvgIpc) is 2.21. The number of nitrogen functional groups attached to an aromatic ring is 1. The zero-order valence-corrected chi connectivity index (χ0v) is 10.1. The number of hydrogen-bond acceptors (Lipinski definition) is 3. The summed E-state index contributed by atoms with van der Waals surface area (Å²) in [5.74, 6) is 0.831. The minimum absolute atomic E-state index is 0.584. The van der Waals surface area contributed by atoms with Crippen molar-refractivity contribution in [3.63, 3.8) is 0 Å². The van der Waals surface area contributed by atoms with E-state index in [-0.39, 0.29) is 0 Å². The van der Waals surface area contributed by atoms with Gasteiger partial charge in [-0.25, -0.2) is 0 Å². The van der Waals surface area contributed by atoms with Gasteiger partial charge in [-0.3, -0.25) is 0 Å². The molecule has 1 rings (SSSR count). The van der Waals surface area contributed by atoms with Crippen LogP contribution in [-0.2, 0) is 4.74 Å². The third-order valence-electron chi connectivity index (χ3n) is 1.60. The highest BCUT2D eigenvalue weighted by molar-refractivity contribution is 14.1. The Morgan fingerprint density at radius 3 is 2.43 bits per heavy atom. The first kappa shape index (κ1) is 11.6. The Balaban J connectivity index is 2.15. The fourth-order valence-electron chi connectivity index (χ4n) is 0.939. The molecule has 0 aliphatic carbocycles. The van der Waals surface area contributed by atoms with Gasteiger partial charge in [0.05, 0.1) is 13.2 Å². The Kier molecular flexibility index (Phi) is 5.70. The van der Waals surface area contributed by atoms with E-state index < -0.39 is 0 Å². The van der Waals surface area contributed by atoms with Gasteiger partial charge in [0.1, 0.15) is 12.4 Å². The van der Waals surface area contributed by atoms with E-state index in [9.17, 15) is 0 Å². The molecule has 78 valence electrons. The smallest absolute Gasteiger partial charge is 0.119 e. The molecule has 0 bridgehead atoms.